The fourth-order valence-corrected chi connectivity index (χ4v) is 2.97. The molecule has 21 heavy (non-hydrogen) atoms. The summed E-state index contributed by atoms with van der Waals surface area (Å²) in [5.41, 5.74) is -0.830. The van der Waals surface area contributed by atoms with Crippen molar-refractivity contribution in [1.82, 2.24) is 4.98 Å². The summed E-state index contributed by atoms with van der Waals surface area (Å²) >= 11 is 0. The number of nitro groups is 1. The Labute approximate surface area is 122 Å². The molecule has 7 nitrogen and oxygen atoms in total. The van der Waals surface area contributed by atoms with Gasteiger partial charge in [0.25, 0.3) is 5.69 Å². The van der Waals surface area contributed by atoms with Gasteiger partial charge in [0.2, 0.25) is 0 Å². The predicted octanol–water partition coefficient (Wildman–Crippen LogP) is 2.74. The van der Waals surface area contributed by atoms with E-state index in [1.165, 1.54) is 12.1 Å². The molecular weight excluding hydrogens is 274 g/mol. The summed E-state index contributed by atoms with van der Waals surface area (Å²) in [6.07, 6.45) is 2.92. The Morgan fingerprint density at radius 2 is 2.29 bits per heavy atom. The average Bonchev–Trinajstić information content (AvgIpc) is 2.38. The summed E-state index contributed by atoms with van der Waals surface area (Å²) in [5, 5.41) is 23.4. The van der Waals surface area contributed by atoms with Gasteiger partial charge in [-0.3, -0.25) is 10.1 Å². The van der Waals surface area contributed by atoms with E-state index in [0.717, 1.165) is 12.8 Å². The van der Waals surface area contributed by atoms with Crippen LogP contribution in [0.25, 0.3) is 0 Å². The monoisotopic (exact) mass is 293 g/mol. The smallest absolute Gasteiger partial charge is 0.329 e. The zero-order valence-electron chi connectivity index (χ0n) is 12.1. The van der Waals surface area contributed by atoms with Gasteiger partial charge in [-0.05, 0) is 31.7 Å². The SMILES string of the molecule is Cc1nc(NC2(C(=O)O)CCCC(C)C2)ccc1[N+](=O)[O-]. The van der Waals surface area contributed by atoms with E-state index in [1.54, 1.807) is 6.92 Å². The molecule has 1 saturated carbocycles. The van der Waals surface area contributed by atoms with E-state index in [9.17, 15) is 20.0 Å². The third kappa shape index (κ3) is 3.12. The Balaban J connectivity index is 2.27. The van der Waals surface area contributed by atoms with Gasteiger partial charge in [-0.15, -0.1) is 0 Å². The average molecular weight is 293 g/mol. The Kier molecular flexibility index (Phi) is 4.11. The van der Waals surface area contributed by atoms with Gasteiger partial charge in [-0.1, -0.05) is 19.8 Å². The third-order valence-corrected chi connectivity index (χ3v) is 4.03. The molecular formula is C14H19N3O4. The maximum Gasteiger partial charge on any atom is 0.329 e. The summed E-state index contributed by atoms with van der Waals surface area (Å²) in [5.74, 6) is -0.206. The molecule has 1 heterocycles. The van der Waals surface area contributed by atoms with E-state index < -0.39 is 16.4 Å². The number of nitrogens with one attached hydrogen (secondary N) is 1. The number of rotatable bonds is 4. The molecule has 0 aliphatic heterocycles. The van der Waals surface area contributed by atoms with Crippen LogP contribution in [0.3, 0.4) is 0 Å². The number of hydrogen-bond donors (Lipinski definition) is 2. The molecule has 2 atom stereocenters. The first-order valence-electron chi connectivity index (χ1n) is 6.98. The van der Waals surface area contributed by atoms with Crippen LogP contribution in [0.5, 0.6) is 0 Å². The topological polar surface area (TPSA) is 105 Å². The zero-order valence-corrected chi connectivity index (χ0v) is 12.1. The first kappa shape index (κ1) is 15.2. The van der Waals surface area contributed by atoms with Crippen molar-refractivity contribution in [3.8, 4) is 0 Å². The van der Waals surface area contributed by atoms with E-state index in [-0.39, 0.29) is 11.4 Å². The van der Waals surface area contributed by atoms with Crippen LogP contribution in [0.4, 0.5) is 11.5 Å². The number of aliphatic carboxylic acids is 1. The van der Waals surface area contributed by atoms with E-state index in [0.29, 0.717) is 24.6 Å². The van der Waals surface area contributed by atoms with Gasteiger partial charge in [0.15, 0.2) is 0 Å². The number of carbonyl (C=O) groups is 1. The van der Waals surface area contributed by atoms with Crippen LogP contribution in [0.2, 0.25) is 0 Å². The summed E-state index contributed by atoms with van der Waals surface area (Å²) in [6.45, 7) is 3.58. The van der Waals surface area contributed by atoms with Crippen LogP contribution in [0.15, 0.2) is 12.1 Å². The maximum absolute atomic E-state index is 11.7. The molecule has 0 amide bonds. The fraction of sp³-hybridized carbons (Fsp3) is 0.571. The van der Waals surface area contributed by atoms with Crippen molar-refractivity contribution in [1.29, 1.82) is 0 Å². The predicted molar refractivity (Wildman–Crippen MR) is 77.2 cm³/mol. The second-order valence-electron chi connectivity index (χ2n) is 5.77. The van der Waals surface area contributed by atoms with Gasteiger partial charge in [0.1, 0.15) is 17.1 Å². The van der Waals surface area contributed by atoms with Crippen molar-refractivity contribution in [3.63, 3.8) is 0 Å². The van der Waals surface area contributed by atoms with E-state index in [2.05, 4.69) is 10.3 Å². The molecule has 1 aromatic rings. The number of carboxylic acid groups (broad SMARTS) is 1. The molecule has 114 valence electrons. The number of nitrogens with zero attached hydrogens (tertiary/aromatic N) is 2. The minimum Gasteiger partial charge on any atom is -0.480 e. The van der Waals surface area contributed by atoms with Crippen molar-refractivity contribution in [2.75, 3.05) is 5.32 Å². The first-order valence-corrected chi connectivity index (χ1v) is 6.98. The summed E-state index contributed by atoms with van der Waals surface area (Å²) < 4.78 is 0. The molecule has 0 bridgehead atoms. The maximum atomic E-state index is 11.7. The Hall–Kier alpha value is -2.18. The molecule has 7 heteroatoms. The largest absolute Gasteiger partial charge is 0.480 e. The van der Waals surface area contributed by atoms with Gasteiger partial charge in [0.05, 0.1) is 4.92 Å². The van der Waals surface area contributed by atoms with E-state index in [1.807, 2.05) is 6.92 Å². The van der Waals surface area contributed by atoms with Crippen molar-refractivity contribution in [2.45, 2.75) is 45.1 Å². The lowest BCUT2D eigenvalue weighted by Crippen LogP contribution is -2.49. The molecule has 1 fully saturated rings. The van der Waals surface area contributed by atoms with Gasteiger partial charge < -0.3 is 10.4 Å². The number of aryl methyl sites for hydroxylation is 1. The highest BCUT2D eigenvalue weighted by atomic mass is 16.6. The third-order valence-electron chi connectivity index (χ3n) is 4.03. The molecule has 0 spiro atoms. The number of hydrogen-bond acceptors (Lipinski definition) is 5. The van der Waals surface area contributed by atoms with Crippen LogP contribution in [-0.4, -0.2) is 26.5 Å². The molecule has 2 unspecified atom stereocenters. The van der Waals surface area contributed by atoms with Gasteiger partial charge >= 0.3 is 5.97 Å². The van der Waals surface area contributed by atoms with Crippen molar-refractivity contribution < 1.29 is 14.8 Å². The van der Waals surface area contributed by atoms with Crippen LogP contribution in [-0.2, 0) is 4.79 Å². The Morgan fingerprint density at radius 3 is 2.81 bits per heavy atom. The zero-order chi connectivity index (χ0) is 15.6. The minimum absolute atomic E-state index is 0.0677. The minimum atomic E-state index is -1.03. The molecule has 0 saturated heterocycles. The Bertz CT molecular complexity index is 575. The summed E-state index contributed by atoms with van der Waals surface area (Å²) in [4.78, 5) is 26.1. The molecule has 0 aromatic carbocycles. The van der Waals surface area contributed by atoms with Crippen LogP contribution in [0, 0.1) is 23.0 Å². The fourth-order valence-electron chi connectivity index (χ4n) is 2.97. The lowest BCUT2D eigenvalue weighted by Gasteiger charge is -2.37. The van der Waals surface area contributed by atoms with Crippen LogP contribution in [0.1, 0.15) is 38.3 Å². The van der Waals surface area contributed by atoms with Crippen LogP contribution < -0.4 is 5.32 Å². The van der Waals surface area contributed by atoms with Crippen molar-refractivity contribution in [3.05, 3.63) is 27.9 Å². The number of aromatic nitrogens is 1. The second-order valence-corrected chi connectivity index (χ2v) is 5.77. The molecule has 2 rings (SSSR count). The van der Waals surface area contributed by atoms with E-state index in [4.69, 9.17) is 0 Å². The molecule has 1 aromatic heterocycles. The lowest BCUT2D eigenvalue weighted by molar-refractivity contribution is -0.385. The molecule has 0 radical (unpaired) electrons. The number of pyridine rings is 1. The quantitative estimate of drug-likeness (QED) is 0.653. The number of carboxylic acids is 1. The van der Waals surface area contributed by atoms with Crippen molar-refractivity contribution >= 4 is 17.5 Å². The summed E-state index contributed by atoms with van der Waals surface area (Å²) in [6, 6.07) is 2.82. The van der Waals surface area contributed by atoms with E-state index >= 15 is 0 Å². The highest BCUT2D eigenvalue weighted by Crippen LogP contribution is 2.35. The number of anilines is 1. The highest BCUT2D eigenvalue weighted by Gasteiger charge is 2.42. The lowest BCUT2D eigenvalue weighted by atomic mass is 9.76. The second kappa shape index (κ2) is 5.67. The molecule has 2 N–H and O–H groups in total. The standard InChI is InChI=1S/C14H19N3O4/c1-9-4-3-7-14(8-9,13(18)19)16-12-6-5-11(17(20)21)10(2)15-12/h5-6,9H,3-4,7-8H2,1-2H3,(H,15,16)(H,18,19). The van der Waals surface area contributed by atoms with Gasteiger partial charge in [0, 0.05) is 6.07 Å². The normalized spacial score (nSPS) is 25.3. The molecule has 1 aliphatic carbocycles. The van der Waals surface area contributed by atoms with Crippen molar-refractivity contribution in [2.24, 2.45) is 5.92 Å². The first-order chi connectivity index (χ1) is 9.84. The molecule has 1 aliphatic rings. The van der Waals surface area contributed by atoms with Crippen LogP contribution >= 0.6 is 0 Å². The van der Waals surface area contributed by atoms with Gasteiger partial charge in [-0.25, -0.2) is 9.78 Å². The summed E-state index contributed by atoms with van der Waals surface area (Å²) in [7, 11) is 0. The Morgan fingerprint density at radius 1 is 1.57 bits per heavy atom. The highest BCUT2D eigenvalue weighted by molar-refractivity contribution is 5.82. The van der Waals surface area contributed by atoms with Gasteiger partial charge in [-0.2, -0.15) is 0 Å².